The number of hydrogen-bond acceptors (Lipinski definition) is 2. The molecule has 0 spiro atoms. The van der Waals surface area contributed by atoms with Gasteiger partial charge < -0.3 is 9.84 Å². The number of phenols is 1. The van der Waals surface area contributed by atoms with E-state index in [4.69, 9.17) is 4.74 Å². The van der Waals surface area contributed by atoms with Crippen molar-refractivity contribution in [1.82, 2.24) is 0 Å². The highest BCUT2D eigenvalue weighted by molar-refractivity contribution is 5.31. The maximum atomic E-state index is 9.60. The van der Waals surface area contributed by atoms with Gasteiger partial charge in [-0.1, -0.05) is 43.9 Å². The van der Waals surface area contributed by atoms with Gasteiger partial charge in [0.05, 0.1) is 0 Å². The standard InChI is InChI=1S/C15H24O2/c1-17-13-9-5-3-2-4-6-10-14-11-7-8-12-15(14)16/h7-8,11-12,16H,2-6,9-10,13H2,1H3. The number of hydrogen-bond donors (Lipinski definition) is 1. The summed E-state index contributed by atoms with van der Waals surface area (Å²) in [6.07, 6.45) is 8.44. The summed E-state index contributed by atoms with van der Waals surface area (Å²) < 4.78 is 5.01. The van der Waals surface area contributed by atoms with E-state index in [0.717, 1.165) is 18.6 Å². The highest BCUT2D eigenvalue weighted by Crippen LogP contribution is 2.18. The molecule has 0 saturated heterocycles. The van der Waals surface area contributed by atoms with E-state index >= 15 is 0 Å². The van der Waals surface area contributed by atoms with Crippen LogP contribution >= 0.6 is 0 Å². The van der Waals surface area contributed by atoms with Crippen molar-refractivity contribution in [2.75, 3.05) is 13.7 Å². The predicted octanol–water partition coefficient (Wildman–Crippen LogP) is 3.92. The van der Waals surface area contributed by atoms with Crippen molar-refractivity contribution in [1.29, 1.82) is 0 Å². The molecule has 0 amide bonds. The maximum absolute atomic E-state index is 9.60. The molecule has 0 unspecified atom stereocenters. The zero-order valence-corrected chi connectivity index (χ0v) is 10.8. The number of methoxy groups -OCH3 is 1. The van der Waals surface area contributed by atoms with Crippen LogP contribution in [-0.2, 0) is 11.2 Å². The van der Waals surface area contributed by atoms with Crippen molar-refractivity contribution in [2.45, 2.75) is 44.9 Å². The number of unbranched alkanes of at least 4 members (excludes halogenated alkanes) is 5. The van der Waals surface area contributed by atoms with Crippen molar-refractivity contribution in [3.63, 3.8) is 0 Å². The number of ether oxygens (including phenoxy) is 1. The number of para-hydroxylation sites is 1. The first kappa shape index (κ1) is 14.0. The van der Waals surface area contributed by atoms with E-state index in [2.05, 4.69) is 0 Å². The molecule has 0 aliphatic rings. The Morgan fingerprint density at radius 1 is 0.941 bits per heavy atom. The molecule has 0 atom stereocenters. The maximum Gasteiger partial charge on any atom is 0.118 e. The van der Waals surface area contributed by atoms with Crippen LogP contribution in [0, 0.1) is 0 Å². The van der Waals surface area contributed by atoms with Crippen molar-refractivity contribution < 1.29 is 9.84 Å². The van der Waals surface area contributed by atoms with E-state index in [1.807, 2.05) is 18.2 Å². The summed E-state index contributed by atoms with van der Waals surface area (Å²) in [6.45, 7) is 0.887. The second kappa shape index (κ2) is 9.06. The first-order valence-corrected chi connectivity index (χ1v) is 6.60. The minimum absolute atomic E-state index is 0.438. The number of aromatic hydroxyl groups is 1. The SMILES string of the molecule is COCCCCCCCCc1ccccc1O. The van der Waals surface area contributed by atoms with Gasteiger partial charge in [0, 0.05) is 13.7 Å². The molecule has 0 radical (unpaired) electrons. The molecule has 0 aromatic heterocycles. The minimum Gasteiger partial charge on any atom is -0.508 e. The molecule has 0 bridgehead atoms. The summed E-state index contributed by atoms with van der Waals surface area (Å²) in [5.41, 5.74) is 1.08. The third-order valence-electron chi connectivity index (χ3n) is 3.04. The molecule has 0 aliphatic heterocycles. The zero-order chi connectivity index (χ0) is 12.3. The van der Waals surface area contributed by atoms with Crippen LogP contribution in [0.2, 0.25) is 0 Å². The molecule has 17 heavy (non-hydrogen) atoms. The molecule has 1 aromatic carbocycles. The van der Waals surface area contributed by atoms with Crippen LogP contribution < -0.4 is 0 Å². The van der Waals surface area contributed by atoms with Crippen LogP contribution in [0.15, 0.2) is 24.3 Å². The van der Waals surface area contributed by atoms with E-state index in [9.17, 15) is 5.11 Å². The second-order valence-electron chi connectivity index (χ2n) is 4.49. The van der Waals surface area contributed by atoms with Crippen LogP contribution in [0.25, 0.3) is 0 Å². The Morgan fingerprint density at radius 3 is 2.29 bits per heavy atom. The molecule has 2 nitrogen and oxygen atoms in total. The zero-order valence-electron chi connectivity index (χ0n) is 10.8. The highest BCUT2D eigenvalue weighted by atomic mass is 16.5. The molecule has 0 heterocycles. The number of benzene rings is 1. The molecule has 0 aliphatic carbocycles. The first-order chi connectivity index (χ1) is 8.34. The lowest BCUT2D eigenvalue weighted by Gasteiger charge is -2.04. The van der Waals surface area contributed by atoms with Crippen LogP contribution in [0.5, 0.6) is 5.75 Å². The van der Waals surface area contributed by atoms with E-state index in [-0.39, 0.29) is 0 Å². The Kier molecular flexibility index (Phi) is 7.48. The van der Waals surface area contributed by atoms with E-state index in [0.29, 0.717) is 5.75 Å². The van der Waals surface area contributed by atoms with Gasteiger partial charge in [-0.3, -0.25) is 0 Å². The van der Waals surface area contributed by atoms with Crippen LogP contribution in [0.4, 0.5) is 0 Å². The highest BCUT2D eigenvalue weighted by Gasteiger charge is 1.98. The molecule has 1 rings (SSSR count). The van der Waals surface area contributed by atoms with Crippen LogP contribution in [-0.4, -0.2) is 18.8 Å². The van der Waals surface area contributed by atoms with Gasteiger partial charge in [-0.25, -0.2) is 0 Å². The van der Waals surface area contributed by atoms with Gasteiger partial charge in [-0.15, -0.1) is 0 Å². The second-order valence-corrected chi connectivity index (χ2v) is 4.49. The summed E-state index contributed by atoms with van der Waals surface area (Å²) in [5.74, 6) is 0.438. The quantitative estimate of drug-likeness (QED) is 0.658. The van der Waals surface area contributed by atoms with Gasteiger partial charge in [0.15, 0.2) is 0 Å². The molecule has 1 aromatic rings. The summed E-state index contributed by atoms with van der Waals surface area (Å²) in [5, 5.41) is 9.60. The lowest BCUT2D eigenvalue weighted by atomic mass is 10.0. The molecule has 1 N–H and O–H groups in total. The summed E-state index contributed by atoms with van der Waals surface area (Å²) >= 11 is 0. The van der Waals surface area contributed by atoms with Gasteiger partial charge in [-0.2, -0.15) is 0 Å². The summed E-state index contributed by atoms with van der Waals surface area (Å²) in [7, 11) is 1.76. The number of aryl methyl sites for hydroxylation is 1. The van der Waals surface area contributed by atoms with Crippen molar-refractivity contribution in [3.8, 4) is 5.75 Å². The van der Waals surface area contributed by atoms with Crippen LogP contribution in [0.3, 0.4) is 0 Å². The van der Waals surface area contributed by atoms with E-state index < -0.39 is 0 Å². The molecule has 0 saturated carbocycles. The molecule has 96 valence electrons. The average molecular weight is 236 g/mol. The lowest BCUT2D eigenvalue weighted by molar-refractivity contribution is 0.192. The Hall–Kier alpha value is -1.02. The Bertz CT molecular complexity index is 297. The Morgan fingerprint density at radius 2 is 1.59 bits per heavy atom. The third-order valence-corrected chi connectivity index (χ3v) is 3.04. The number of rotatable bonds is 9. The lowest BCUT2D eigenvalue weighted by Crippen LogP contribution is -1.89. The first-order valence-electron chi connectivity index (χ1n) is 6.60. The summed E-state index contributed by atoms with van der Waals surface area (Å²) in [6, 6.07) is 7.63. The summed E-state index contributed by atoms with van der Waals surface area (Å²) in [4.78, 5) is 0. The van der Waals surface area contributed by atoms with E-state index in [1.54, 1.807) is 13.2 Å². The van der Waals surface area contributed by atoms with Crippen molar-refractivity contribution in [2.24, 2.45) is 0 Å². The fourth-order valence-corrected chi connectivity index (χ4v) is 1.99. The van der Waals surface area contributed by atoms with E-state index in [1.165, 1.54) is 38.5 Å². The topological polar surface area (TPSA) is 29.5 Å². The van der Waals surface area contributed by atoms with Crippen molar-refractivity contribution >= 4 is 0 Å². The molecule has 0 fully saturated rings. The van der Waals surface area contributed by atoms with Gasteiger partial charge in [0.25, 0.3) is 0 Å². The molecule has 2 heteroatoms. The normalized spacial score (nSPS) is 10.6. The third kappa shape index (κ3) is 6.32. The smallest absolute Gasteiger partial charge is 0.118 e. The fraction of sp³-hybridized carbons (Fsp3) is 0.600. The molecular weight excluding hydrogens is 212 g/mol. The van der Waals surface area contributed by atoms with Gasteiger partial charge in [0.2, 0.25) is 0 Å². The van der Waals surface area contributed by atoms with Crippen molar-refractivity contribution in [3.05, 3.63) is 29.8 Å². The van der Waals surface area contributed by atoms with Gasteiger partial charge in [-0.05, 0) is 30.9 Å². The minimum atomic E-state index is 0.438. The average Bonchev–Trinajstić information content (AvgIpc) is 2.35. The van der Waals surface area contributed by atoms with Crippen LogP contribution in [0.1, 0.15) is 44.1 Å². The number of phenolic OH excluding ortho intramolecular Hbond substituents is 1. The monoisotopic (exact) mass is 236 g/mol. The van der Waals surface area contributed by atoms with Gasteiger partial charge in [0.1, 0.15) is 5.75 Å². The Labute approximate surface area is 105 Å². The Balaban J connectivity index is 1.99. The molecular formula is C15H24O2. The van der Waals surface area contributed by atoms with Gasteiger partial charge >= 0.3 is 0 Å². The fourth-order valence-electron chi connectivity index (χ4n) is 1.99. The predicted molar refractivity (Wildman–Crippen MR) is 71.4 cm³/mol. The largest absolute Gasteiger partial charge is 0.508 e.